The fraction of sp³-hybridized carbons (Fsp3) is 0.465. The monoisotopic (exact) mass is 768 g/mol. The first-order valence-corrected chi connectivity index (χ1v) is 19.4. The second kappa shape index (κ2) is 16.8. The Kier molecular flexibility index (Phi) is 12.2. The maximum Gasteiger partial charge on any atom is 0.255 e. The Labute approximate surface area is 327 Å². The molecule has 0 radical (unpaired) electrons. The molecule has 3 aromatic carbocycles. The van der Waals surface area contributed by atoms with Crippen LogP contribution in [0, 0.1) is 22.2 Å². The van der Waals surface area contributed by atoms with Crippen molar-refractivity contribution in [3.63, 3.8) is 0 Å². The smallest absolute Gasteiger partial charge is 0.255 e. The Morgan fingerprint density at radius 1 is 0.964 bits per heavy atom. The SMILES string of the molecule is CC1(C)[C@H](NC(=O)c2ccc(CCCCCCOCCOc3cccc4c3CN(C3CCC(=O)NC3=O)C4=O)cc2)C(C)(C)[C@H]1Oc1ccc(C#N)c(Cl)c1. The average Bonchev–Trinajstić information content (AvgIpc) is 3.49. The number of halogens is 1. The van der Waals surface area contributed by atoms with Crippen molar-refractivity contribution in [2.45, 2.75) is 97.4 Å². The van der Waals surface area contributed by atoms with Crippen LogP contribution in [0.2, 0.25) is 5.02 Å². The Morgan fingerprint density at radius 2 is 1.71 bits per heavy atom. The first-order chi connectivity index (χ1) is 26.3. The summed E-state index contributed by atoms with van der Waals surface area (Å²) in [5.41, 5.74) is 2.82. The Balaban J connectivity index is 0.853. The number of carbonyl (C=O) groups is 4. The standard InChI is InChI=1S/C43H49ClN4O7/c1-42(2)40(43(3,4)41(42)55-30-18-17-29(25-45)33(44)24-30)47-37(50)28-15-13-27(14-16-28)10-7-5-6-8-21-53-22-23-54-35-12-9-11-31-32(35)26-48(39(31)52)34-19-20-36(49)46-38(34)51/h9,11-18,24,34,40-41H,5-8,10,19-23,26H2,1-4H3,(H,47,50)(H,46,49,51)/t34?,40-,41-. The third kappa shape index (κ3) is 8.66. The second-order valence-corrected chi connectivity index (χ2v) is 16.2. The molecule has 2 heterocycles. The molecule has 55 heavy (non-hydrogen) atoms. The second-order valence-electron chi connectivity index (χ2n) is 15.8. The summed E-state index contributed by atoms with van der Waals surface area (Å²) in [5.74, 6) is 0.132. The number of imide groups is 1. The van der Waals surface area contributed by atoms with E-state index in [0.29, 0.717) is 59.5 Å². The number of rotatable bonds is 16. The number of aryl methyl sites for hydroxylation is 1. The van der Waals surface area contributed by atoms with Gasteiger partial charge in [-0.3, -0.25) is 24.5 Å². The van der Waals surface area contributed by atoms with Gasteiger partial charge in [-0.25, -0.2) is 0 Å². The van der Waals surface area contributed by atoms with Crippen molar-refractivity contribution in [1.82, 2.24) is 15.5 Å². The highest BCUT2D eigenvalue weighted by molar-refractivity contribution is 6.31. The number of carbonyl (C=O) groups excluding carboxylic acids is 4. The zero-order chi connectivity index (χ0) is 39.3. The number of ether oxygens (including phenoxy) is 3. The lowest BCUT2D eigenvalue weighted by molar-refractivity contribution is -0.164. The van der Waals surface area contributed by atoms with E-state index in [9.17, 15) is 24.4 Å². The van der Waals surface area contributed by atoms with E-state index in [4.69, 9.17) is 25.8 Å². The molecule has 290 valence electrons. The maximum absolute atomic E-state index is 13.3. The predicted molar refractivity (Wildman–Crippen MR) is 207 cm³/mol. The Morgan fingerprint density at radius 3 is 2.42 bits per heavy atom. The van der Waals surface area contributed by atoms with Gasteiger partial charge < -0.3 is 24.4 Å². The Bertz CT molecular complexity index is 1960. The number of unbranched alkanes of at least 4 members (excludes halogenated alkanes) is 3. The molecule has 2 N–H and O–H groups in total. The van der Waals surface area contributed by atoms with Gasteiger partial charge in [0.25, 0.3) is 11.8 Å². The van der Waals surface area contributed by atoms with Crippen molar-refractivity contribution in [2.75, 3.05) is 19.8 Å². The van der Waals surface area contributed by atoms with E-state index >= 15 is 0 Å². The van der Waals surface area contributed by atoms with Crippen LogP contribution in [0.15, 0.2) is 60.7 Å². The lowest BCUT2D eigenvalue weighted by Crippen LogP contribution is -2.74. The van der Waals surface area contributed by atoms with E-state index in [1.54, 1.807) is 30.3 Å². The van der Waals surface area contributed by atoms with Gasteiger partial charge in [-0.1, -0.05) is 70.3 Å². The third-order valence-corrected chi connectivity index (χ3v) is 11.5. The zero-order valence-electron chi connectivity index (χ0n) is 31.9. The number of nitrogens with one attached hydrogen (secondary N) is 2. The van der Waals surface area contributed by atoms with E-state index in [2.05, 4.69) is 44.4 Å². The summed E-state index contributed by atoms with van der Waals surface area (Å²) in [7, 11) is 0. The summed E-state index contributed by atoms with van der Waals surface area (Å²) in [6.07, 6.45) is 5.39. The normalized spacial score (nSPS) is 20.9. The minimum atomic E-state index is -0.660. The summed E-state index contributed by atoms with van der Waals surface area (Å²) in [6, 6.07) is 19.5. The number of piperidine rings is 1. The molecule has 3 aromatic rings. The van der Waals surface area contributed by atoms with Gasteiger partial charge >= 0.3 is 0 Å². The molecular formula is C43H49ClN4O7. The molecule has 12 heteroatoms. The average molecular weight is 769 g/mol. The number of amides is 4. The van der Waals surface area contributed by atoms with E-state index in [0.717, 1.165) is 37.7 Å². The van der Waals surface area contributed by atoms with Gasteiger partial charge in [-0.15, -0.1) is 0 Å². The summed E-state index contributed by atoms with van der Waals surface area (Å²) in [6.45, 7) is 10.0. The molecule has 6 rings (SSSR count). The van der Waals surface area contributed by atoms with Crippen molar-refractivity contribution in [3.05, 3.63) is 93.5 Å². The van der Waals surface area contributed by atoms with Crippen LogP contribution in [0.4, 0.5) is 0 Å². The number of fused-ring (bicyclic) bond motifs is 1. The first-order valence-electron chi connectivity index (χ1n) is 19.0. The van der Waals surface area contributed by atoms with Gasteiger partial charge in [0, 0.05) is 52.7 Å². The lowest BCUT2D eigenvalue weighted by atomic mass is 9.49. The quantitative estimate of drug-likeness (QED) is 0.120. The topological polar surface area (TPSA) is 147 Å². The molecule has 0 aromatic heterocycles. The van der Waals surface area contributed by atoms with Crippen LogP contribution in [0.1, 0.15) is 104 Å². The fourth-order valence-corrected chi connectivity index (χ4v) is 8.74. The lowest BCUT2D eigenvalue weighted by Gasteiger charge is -2.63. The molecule has 1 saturated heterocycles. The van der Waals surface area contributed by atoms with E-state index in [1.807, 2.05) is 30.3 Å². The summed E-state index contributed by atoms with van der Waals surface area (Å²) < 4.78 is 18.1. The van der Waals surface area contributed by atoms with Gasteiger partial charge in [0.2, 0.25) is 11.8 Å². The Hall–Kier alpha value is -4.92. The number of hydrogen-bond acceptors (Lipinski definition) is 8. The van der Waals surface area contributed by atoms with Crippen molar-refractivity contribution >= 4 is 35.2 Å². The van der Waals surface area contributed by atoms with Gasteiger partial charge in [0.15, 0.2) is 0 Å². The molecule has 2 aliphatic heterocycles. The highest BCUT2D eigenvalue weighted by atomic mass is 35.5. The molecule has 2 fully saturated rings. The maximum atomic E-state index is 13.3. The minimum absolute atomic E-state index is 0.109. The molecule has 0 bridgehead atoms. The summed E-state index contributed by atoms with van der Waals surface area (Å²) in [4.78, 5) is 51.7. The summed E-state index contributed by atoms with van der Waals surface area (Å²) >= 11 is 6.22. The van der Waals surface area contributed by atoms with Crippen LogP contribution in [0.3, 0.4) is 0 Å². The number of nitrogens with zero attached hydrogens (tertiary/aromatic N) is 2. The highest BCUT2D eigenvalue weighted by Crippen LogP contribution is 2.55. The van der Waals surface area contributed by atoms with Crippen LogP contribution in [0.5, 0.6) is 11.5 Å². The van der Waals surface area contributed by atoms with Gasteiger partial charge in [0.1, 0.15) is 36.3 Å². The number of benzene rings is 3. The fourth-order valence-electron chi connectivity index (χ4n) is 8.52. The molecular weight excluding hydrogens is 720 g/mol. The molecule has 0 spiro atoms. The molecule has 1 saturated carbocycles. The van der Waals surface area contributed by atoms with Gasteiger partial charge in [0.05, 0.1) is 23.7 Å². The largest absolute Gasteiger partial charge is 0.491 e. The van der Waals surface area contributed by atoms with E-state index < -0.39 is 11.9 Å². The van der Waals surface area contributed by atoms with Crippen molar-refractivity contribution in [1.29, 1.82) is 5.26 Å². The molecule has 1 atom stereocenters. The van der Waals surface area contributed by atoms with E-state index in [1.165, 1.54) is 10.5 Å². The third-order valence-electron chi connectivity index (χ3n) is 11.2. The predicted octanol–water partition coefficient (Wildman–Crippen LogP) is 6.78. The highest BCUT2D eigenvalue weighted by Gasteiger charge is 2.64. The van der Waals surface area contributed by atoms with Crippen LogP contribution in [-0.4, -0.2) is 66.5 Å². The van der Waals surface area contributed by atoms with Crippen LogP contribution >= 0.6 is 11.6 Å². The molecule has 1 unspecified atom stereocenters. The molecule has 4 amide bonds. The van der Waals surface area contributed by atoms with Crippen molar-refractivity contribution in [2.24, 2.45) is 10.8 Å². The van der Waals surface area contributed by atoms with Gasteiger partial charge in [-0.05, 0) is 67.6 Å². The van der Waals surface area contributed by atoms with Crippen molar-refractivity contribution in [3.8, 4) is 17.6 Å². The van der Waals surface area contributed by atoms with Crippen LogP contribution in [-0.2, 0) is 27.3 Å². The molecule has 1 aliphatic carbocycles. The molecule has 3 aliphatic rings. The molecule has 11 nitrogen and oxygen atoms in total. The van der Waals surface area contributed by atoms with Crippen LogP contribution < -0.4 is 20.1 Å². The number of hydrogen-bond donors (Lipinski definition) is 2. The first kappa shape index (κ1) is 39.8. The van der Waals surface area contributed by atoms with Crippen molar-refractivity contribution < 1.29 is 33.4 Å². The summed E-state index contributed by atoms with van der Waals surface area (Å²) in [5, 5.41) is 15.1. The van der Waals surface area contributed by atoms with Crippen LogP contribution in [0.25, 0.3) is 0 Å². The van der Waals surface area contributed by atoms with E-state index in [-0.39, 0.29) is 53.7 Å². The number of nitriles is 1. The van der Waals surface area contributed by atoms with Gasteiger partial charge in [-0.2, -0.15) is 5.26 Å². The zero-order valence-corrected chi connectivity index (χ0v) is 32.7. The minimum Gasteiger partial charge on any atom is -0.491 e.